The first-order chi connectivity index (χ1) is 15.0. The van der Waals surface area contributed by atoms with Gasteiger partial charge in [0.1, 0.15) is 4.83 Å². The summed E-state index contributed by atoms with van der Waals surface area (Å²) < 4.78 is 34.5. The molecule has 0 atom stereocenters. The van der Waals surface area contributed by atoms with Crippen molar-refractivity contribution in [1.29, 1.82) is 0 Å². The number of fused-ring (bicyclic) bond motifs is 1. The third-order valence-electron chi connectivity index (χ3n) is 4.45. The lowest BCUT2D eigenvalue weighted by Crippen LogP contribution is -2.10. The highest BCUT2D eigenvalue weighted by Gasteiger charge is 2.15. The minimum Gasteiger partial charge on any atom is -0.493 e. The summed E-state index contributed by atoms with van der Waals surface area (Å²) in [5.74, 6) is 0.236. The number of aromatic amines is 1. The van der Waals surface area contributed by atoms with Crippen LogP contribution in [-0.4, -0.2) is 23.7 Å². The van der Waals surface area contributed by atoms with Gasteiger partial charge in [0, 0.05) is 10.9 Å². The zero-order valence-electron chi connectivity index (χ0n) is 16.1. The molecule has 158 valence electrons. The van der Waals surface area contributed by atoms with Crippen molar-refractivity contribution in [3.05, 3.63) is 75.7 Å². The number of rotatable bonds is 6. The maximum atomic E-state index is 12.8. The van der Waals surface area contributed by atoms with Crippen LogP contribution in [0.2, 0.25) is 0 Å². The van der Waals surface area contributed by atoms with Gasteiger partial charge in [0.2, 0.25) is 0 Å². The molecule has 4 rings (SSSR count). The summed E-state index contributed by atoms with van der Waals surface area (Å²) in [4.78, 5) is 20.5. The third-order valence-corrected chi connectivity index (χ3v) is 5.61. The molecule has 0 saturated carbocycles. The Kier molecular flexibility index (Phi) is 6.01. The smallest absolute Gasteiger partial charge is 0.387 e. The van der Waals surface area contributed by atoms with Crippen molar-refractivity contribution in [2.24, 2.45) is 0 Å². The van der Waals surface area contributed by atoms with Crippen LogP contribution in [0.5, 0.6) is 11.5 Å². The van der Waals surface area contributed by atoms with Crippen LogP contribution in [0.3, 0.4) is 0 Å². The van der Waals surface area contributed by atoms with Crippen LogP contribution in [-0.2, 0) is 0 Å². The fraction of sp³-hybridized carbons (Fsp3) is 0.0909. The second-order valence-corrected chi connectivity index (χ2v) is 7.66. The normalized spacial score (nSPS) is 11.8. The Bertz CT molecular complexity index is 1320. The SMILES string of the molecule is COc1cc(/C=C(\Cl)c2nc3scc(-c4ccccc4)c3c(=O)[nH]2)ccc1OC(F)F. The zero-order valence-corrected chi connectivity index (χ0v) is 17.6. The molecule has 0 bridgehead atoms. The van der Waals surface area contributed by atoms with Crippen LogP contribution >= 0.6 is 22.9 Å². The number of thiophene rings is 1. The number of ether oxygens (including phenoxy) is 2. The third kappa shape index (κ3) is 4.45. The van der Waals surface area contributed by atoms with Gasteiger partial charge < -0.3 is 14.5 Å². The van der Waals surface area contributed by atoms with Crippen LogP contribution in [0.1, 0.15) is 11.4 Å². The van der Waals surface area contributed by atoms with E-state index < -0.39 is 6.61 Å². The van der Waals surface area contributed by atoms with Gasteiger partial charge in [-0.15, -0.1) is 11.3 Å². The van der Waals surface area contributed by atoms with E-state index in [0.29, 0.717) is 15.8 Å². The standard InChI is InChI=1S/C22H15ClF2N2O3S/c1-29-17-10-12(7-8-16(17)30-22(24)25)9-15(23)19-26-20(28)18-14(11-31-21(18)27-19)13-5-3-2-4-6-13/h2-11,22H,1H3,(H,26,27,28)/b15-9-. The summed E-state index contributed by atoms with van der Waals surface area (Å²) in [7, 11) is 1.34. The molecule has 1 N–H and O–H groups in total. The van der Waals surface area contributed by atoms with Crippen molar-refractivity contribution in [1.82, 2.24) is 9.97 Å². The van der Waals surface area contributed by atoms with Gasteiger partial charge in [-0.3, -0.25) is 4.79 Å². The number of benzene rings is 2. The maximum absolute atomic E-state index is 12.8. The van der Waals surface area contributed by atoms with Gasteiger partial charge in [0.15, 0.2) is 17.3 Å². The molecule has 0 spiro atoms. The lowest BCUT2D eigenvalue weighted by molar-refractivity contribution is -0.0512. The Morgan fingerprint density at radius 3 is 2.68 bits per heavy atom. The maximum Gasteiger partial charge on any atom is 0.387 e. The van der Waals surface area contributed by atoms with E-state index in [1.54, 1.807) is 6.08 Å². The van der Waals surface area contributed by atoms with E-state index in [9.17, 15) is 13.6 Å². The summed E-state index contributed by atoms with van der Waals surface area (Å²) >= 11 is 7.75. The lowest BCUT2D eigenvalue weighted by Gasteiger charge is -2.10. The van der Waals surface area contributed by atoms with Crippen LogP contribution in [0.15, 0.2) is 58.7 Å². The van der Waals surface area contributed by atoms with E-state index in [1.807, 2.05) is 35.7 Å². The average molecular weight is 461 g/mol. The van der Waals surface area contributed by atoms with Gasteiger partial charge in [-0.05, 0) is 29.3 Å². The molecule has 0 amide bonds. The van der Waals surface area contributed by atoms with E-state index >= 15 is 0 Å². The molecular formula is C22H15ClF2N2O3S. The fourth-order valence-electron chi connectivity index (χ4n) is 3.07. The summed E-state index contributed by atoms with van der Waals surface area (Å²) in [6.45, 7) is -2.97. The Morgan fingerprint density at radius 2 is 1.97 bits per heavy atom. The molecule has 0 aliphatic carbocycles. The molecule has 2 aromatic carbocycles. The topological polar surface area (TPSA) is 64.2 Å². The highest BCUT2D eigenvalue weighted by molar-refractivity contribution is 7.17. The van der Waals surface area contributed by atoms with Crippen LogP contribution in [0.25, 0.3) is 32.5 Å². The Hall–Kier alpha value is -3.23. The van der Waals surface area contributed by atoms with Crippen LogP contribution in [0.4, 0.5) is 8.78 Å². The zero-order chi connectivity index (χ0) is 22.0. The van der Waals surface area contributed by atoms with E-state index in [-0.39, 0.29) is 27.9 Å². The Balaban J connectivity index is 1.70. The van der Waals surface area contributed by atoms with Gasteiger partial charge in [0.05, 0.1) is 17.5 Å². The van der Waals surface area contributed by atoms with Crippen LogP contribution in [0, 0.1) is 0 Å². The molecule has 0 fully saturated rings. The number of aromatic nitrogens is 2. The quantitative estimate of drug-likeness (QED) is 0.383. The highest BCUT2D eigenvalue weighted by atomic mass is 35.5. The molecule has 2 heterocycles. The van der Waals surface area contributed by atoms with Crippen molar-refractivity contribution in [2.75, 3.05) is 7.11 Å². The Labute approximate surface area is 184 Å². The van der Waals surface area contributed by atoms with Crippen molar-refractivity contribution >= 4 is 44.3 Å². The minimum atomic E-state index is -2.97. The molecule has 0 radical (unpaired) electrons. The van der Waals surface area contributed by atoms with E-state index in [4.69, 9.17) is 16.3 Å². The van der Waals surface area contributed by atoms with Gasteiger partial charge in [-0.2, -0.15) is 8.78 Å². The number of alkyl halides is 2. The van der Waals surface area contributed by atoms with Gasteiger partial charge in [-0.1, -0.05) is 48.0 Å². The van der Waals surface area contributed by atoms with Gasteiger partial charge >= 0.3 is 6.61 Å². The first kappa shape index (κ1) is 21.0. The molecule has 31 heavy (non-hydrogen) atoms. The van der Waals surface area contributed by atoms with Crippen molar-refractivity contribution in [2.45, 2.75) is 6.61 Å². The number of nitrogens with zero attached hydrogens (tertiary/aromatic N) is 1. The molecule has 0 aliphatic rings. The van der Waals surface area contributed by atoms with E-state index in [1.165, 1.54) is 36.6 Å². The molecular weight excluding hydrogens is 446 g/mol. The summed E-state index contributed by atoms with van der Waals surface area (Å²) in [5, 5.41) is 2.56. The first-order valence-corrected chi connectivity index (χ1v) is 10.3. The molecule has 0 unspecified atom stereocenters. The fourth-order valence-corrected chi connectivity index (χ4v) is 4.24. The molecule has 0 aliphatic heterocycles. The summed E-state index contributed by atoms with van der Waals surface area (Å²) in [6.07, 6.45) is 1.55. The van der Waals surface area contributed by atoms with Gasteiger partial charge in [0.25, 0.3) is 5.56 Å². The predicted molar refractivity (Wildman–Crippen MR) is 119 cm³/mol. The number of hydrogen-bond acceptors (Lipinski definition) is 5. The van der Waals surface area contributed by atoms with Crippen molar-refractivity contribution in [3.63, 3.8) is 0 Å². The second-order valence-electron chi connectivity index (χ2n) is 6.39. The number of nitrogens with one attached hydrogen (secondary N) is 1. The van der Waals surface area contributed by atoms with Crippen molar-refractivity contribution < 1.29 is 18.3 Å². The minimum absolute atomic E-state index is 0.0919. The van der Waals surface area contributed by atoms with Crippen molar-refractivity contribution in [3.8, 4) is 22.6 Å². The highest BCUT2D eigenvalue weighted by Crippen LogP contribution is 2.33. The van der Waals surface area contributed by atoms with E-state index in [0.717, 1.165) is 11.1 Å². The van der Waals surface area contributed by atoms with Crippen LogP contribution < -0.4 is 15.0 Å². The summed E-state index contributed by atoms with van der Waals surface area (Å²) in [5.41, 5.74) is 1.99. The number of hydrogen-bond donors (Lipinski definition) is 1. The summed E-state index contributed by atoms with van der Waals surface area (Å²) in [6, 6.07) is 14.0. The number of halogens is 3. The average Bonchev–Trinajstić information content (AvgIpc) is 3.20. The van der Waals surface area contributed by atoms with E-state index in [2.05, 4.69) is 14.7 Å². The molecule has 4 aromatic rings. The Morgan fingerprint density at radius 1 is 1.19 bits per heavy atom. The molecule has 5 nitrogen and oxygen atoms in total. The lowest BCUT2D eigenvalue weighted by atomic mass is 10.1. The molecule has 9 heteroatoms. The monoisotopic (exact) mass is 460 g/mol. The van der Waals surface area contributed by atoms with Gasteiger partial charge in [-0.25, -0.2) is 4.98 Å². The molecule has 2 aromatic heterocycles. The first-order valence-electron chi connectivity index (χ1n) is 9.03. The number of methoxy groups -OCH3 is 1. The predicted octanol–water partition coefficient (Wildman–Crippen LogP) is 6.00. The molecule has 0 saturated heterocycles. The largest absolute Gasteiger partial charge is 0.493 e. The second kappa shape index (κ2) is 8.87. The number of H-pyrrole nitrogens is 1.